The molecule has 2 aromatic carbocycles. The summed E-state index contributed by atoms with van der Waals surface area (Å²) >= 11 is 0. The van der Waals surface area contributed by atoms with Gasteiger partial charge in [0.2, 0.25) is 5.91 Å². The van der Waals surface area contributed by atoms with Gasteiger partial charge in [0.15, 0.2) is 0 Å². The van der Waals surface area contributed by atoms with E-state index in [4.69, 9.17) is 4.74 Å². The molecule has 2 amide bonds. The first-order chi connectivity index (χ1) is 16.2. The number of carboxylic acids is 1. The van der Waals surface area contributed by atoms with Gasteiger partial charge in [-0.05, 0) is 41.5 Å². The number of ether oxygens (including phenoxy) is 1. The molecule has 7 heteroatoms. The van der Waals surface area contributed by atoms with Crippen molar-refractivity contribution in [2.24, 2.45) is 11.3 Å². The first-order valence-corrected chi connectivity index (χ1v) is 11.9. The molecule has 3 atom stereocenters. The number of likely N-dealkylation sites (tertiary alicyclic amines) is 1. The average Bonchev–Trinajstić information content (AvgIpc) is 3.32. The van der Waals surface area contributed by atoms with E-state index in [1.807, 2.05) is 38.1 Å². The van der Waals surface area contributed by atoms with E-state index in [2.05, 4.69) is 29.6 Å². The maximum atomic E-state index is 12.8. The molecule has 1 aliphatic carbocycles. The lowest BCUT2D eigenvalue weighted by atomic mass is 9.81. The van der Waals surface area contributed by atoms with Crippen LogP contribution < -0.4 is 5.32 Å². The third kappa shape index (κ3) is 4.39. The number of rotatable bonds is 7. The van der Waals surface area contributed by atoms with E-state index in [0.29, 0.717) is 13.0 Å². The highest BCUT2D eigenvalue weighted by Crippen LogP contribution is 2.44. The quantitative estimate of drug-likeness (QED) is 0.638. The first kappa shape index (κ1) is 23.8. The molecule has 0 unspecified atom stereocenters. The second kappa shape index (κ2) is 9.49. The number of hydrogen-bond donors (Lipinski definition) is 2. The van der Waals surface area contributed by atoms with Crippen LogP contribution in [0.4, 0.5) is 4.79 Å². The molecule has 7 nitrogen and oxygen atoms in total. The molecule has 0 radical (unpaired) electrons. The van der Waals surface area contributed by atoms with Crippen molar-refractivity contribution in [3.63, 3.8) is 0 Å². The lowest BCUT2D eigenvalue weighted by Crippen LogP contribution is -2.41. The molecular formula is C27H32N2O5. The molecule has 34 heavy (non-hydrogen) atoms. The van der Waals surface area contributed by atoms with Crippen LogP contribution in [0, 0.1) is 11.3 Å². The Bertz CT molecular complexity index is 1050. The number of fused-ring (bicyclic) bond motifs is 3. The summed E-state index contributed by atoms with van der Waals surface area (Å²) in [6.07, 6.45) is 0.130. The zero-order valence-corrected chi connectivity index (χ0v) is 19.9. The normalized spacial score (nSPS) is 22.1. The Balaban J connectivity index is 1.34. The van der Waals surface area contributed by atoms with Crippen molar-refractivity contribution >= 4 is 18.0 Å². The van der Waals surface area contributed by atoms with Crippen LogP contribution in [0.25, 0.3) is 11.1 Å². The van der Waals surface area contributed by atoms with E-state index in [-0.39, 0.29) is 43.4 Å². The predicted molar refractivity (Wildman–Crippen MR) is 128 cm³/mol. The number of carboxylic acid groups (broad SMARTS) is 1. The number of amides is 2. The summed E-state index contributed by atoms with van der Waals surface area (Å²) in [5, 5.41) is 12.4. The Morgan fingerprint density at radius 3 is 2.24 bits per heavy atom. The maximum Gasteiger partial charge on any atom is 0.407 e. The first-order valence-electron chi connectivity index (χ1n) is 11.9. The monoisotopic (exact) mass is 464 g/mol. The summed E-state index contributed by atoms with van der Waals surface area (Å²) in [5.74, 6) is -1.20. The molecular weight excluding hydrogens is 432 g/mol. The summed E-state index contributed by atoms with van der Waals surface area (Å²) in [6, 6.07) is 15.9. The van der Waals surface area contributed by atoms with E-state index in [1.54, 1.807) is 11.8 Å². The second-order valence-electron chi connectivity index (χ2n) is 9.68. The third-order valence-corrected chi connectivity index (χ3v) is 7.52. The van der Waals surface area contributed by atoms with Crippen molar-refractivity contribution in [1.82, 2.24) is 10.2 Å². The molecule has 0 saturated carbocycles. The van der Waals surface area contributed by atoms with Crippen LogP contribution in [0.5, 0.6) is 0 Å². The lowest BCUT2D eigenvalue weighted by Gasteiger charge is -2.24. The summed E-state index contributed by atoms with van der Waals surface area (Å²) < 4.78 is 5.61. The smallest absolute Gasteiger partial charge is 0.407 e. The standard InChI is InChI=1S/C27H32N2O5/c1-4-18(13-24(30)29-14-17(2)27(3,16-29)25(31)32)28-26(33)34-15-23-21-11-7-5-9-19(21)20-10-6-8-12-22(20)23/h5-12,17-18,23H,4,13-16H2,1-3H3,(H,28,33)(H,31,32)/t17-,18+,27-/m1/s1. The van der Waals surface area contributed by atoms with Gasteiger partial charge < -0.3 is 20.1 Å². The fourth-order valence-corrected chi connectivity index (χ4v) is 5.06. The Morgan fingerprint density at radius 2 is 1.71 bits per heavy atom. The number of benzene rings is 2. The van der Waals surface area contributed by atoms with Gasteiger partial charge >= 0.3 is 12.1 Å². The highest BCUT2D eigenvalue weighted by atomic mass is 16.5. The van der Waals surface area contributed by atoms with E-state index >= 15 is 0 Å². The molecule has 0 bridgehead atoms. The van der Waals surface area contributed by atoms with Gasteiger partial charge in [-0.15, -0.1) is 0 Å². The fraction of sp³-hybridized carbons (Fsp3) is 0.444. The van der Waals surface area contributed by atoms with Crippen LogP contribution in [0.15, 0.2) is 48.5 Å². The van der Waals surface area contributed by atoms with Crippen molar-refractivity contribution in [1.29, 1.82) is 0 Å². The number of alkyl carbamates (subject to hydrolysis) is 1. The van der Waals surface area contributed by atoms with Gasteiger partial charge in [-0.25, -0.2) is 4.79 Å². The molecule has 1 saturated heterocycles. The van der Waals surface area contributed by atoms with Gasteiger partial charge in [-0.3, -0.25) is 9.59 Å². The number of nitrogens with one attached hydrogen (secondary N) is 1. The summed E-state index contributed by atoms with van der Waals surface area (Å²) in [6.45, 7) is 6.24. The Labute approximate surface area is 200 Å². The summed E-state index contributed by atoms with van der Waals surface area (Å²) in [5.41, 5.74) is 3.67. The minimum absolute atomic E-state index is 0.0281. The van der Waals surface area contributed by atoms with Gasteiger partial charge in [0, 0.05) is 31.5 Å². The third-order valence-electron chi connectivity index (χ3n) is 7.52. The molecule has 2 N–H and O–H groups in total. The Hall–Kier alpha value is -3.35. The van der Waals surface area contributed by atoms with Gasteiger partial charge in [-0.1, -0.05) is 62.4 Å². The number of aliphatic carboxylic acids is 1. The van der Waals surface area contributed by atoms with Crippen LogP contribution in [0.1, 0.15) is 50.7 Å². The Morgan fingerprint density at radius 1 is 1.12 bits per heavy atom. The van der Waals surface area contributed by atoms with Gasteiger partial charge in [0.05, 0.1) is 5.41 Å². The fourth-order valence-electron chi connectivity index (χ4n) is 5.06. The van der Waals surface area contributed by atoms with Crippen molar-refractivity contribution in [3.05, 3.63) is 59.7 Å². The molecule has 2 aromatic rings. The average molecular weight is 465 g/mol. The lowest BCUT2D eigenvalue weighted by molar-refractivity contribution is -0.149. The number of carbonyl (C=O) groups excluding carboxylic acids is 2. The molecule has 1 aliphatic heterocycles. The van der Waals surface area contributed by atoms with Crippen LogP contribution in [0.3, 0.4) is 0 Å². The van der Waals surface area contributed by atoms with Gasteiger partial charge in [0.25, 0.3) is 0 Å². The Kier molecular flexibility index (Phi) is 6.64. The van der Waals surface area contributed by atoms with Gasteiger partial charge in [-0.2, -0.15) is 0 Å². The summed E-state index contributed by atoms with van der Waals surface area (Å²) in [4.78, 5) is 38.7. The van der Waals surface area contributed by atoms with Crippen molar-refractivity contribution in [3.8, 4) is 11.1 Å². The minimum atomic E-state index is -0.947. The van der Waals surface area contributed by atoms with Crippen LogP contribution in [-0.2, 0) is 14.3 Å². The maximum absolute atomic E-state index is 12.8. The zero-order valence-electron chi connectivity index (χ0n) is 19.9. The predicted octanol–water partition coefficient (Wildman–Crippen LogP) is 4.26. The van der Waals surface area contributed by atoms with E-state index in [9.17, 15) is 19.5 Å². The second-order valence-corrected chi connectivity index (χ2v) is 9.68. The molecule has 4 rings (SSSR count). The number of hydrogen-bond acceptors (Lipinski definition) is 4. The van der Waals surface area contributed by atoms with Crippen LogP contribution >= 0.6 is 0 Å². The topological polar surface area (TPSA) is 95.9 Å². The minimum Gasteiger partial charge on any atom is -0.481 e. The van der Waals surface area contributed by atoms with E-state index in [0.717, 1.165) is 22.3 Å². The van der Waals surface area contributed by atoms with E-state index in [1.165, 1.54) is 0 Å². The highest BCUT2D eigenvalue weighted by Gasteiger charge is 2.47. The SMILES string of the molecule is CC[C@@H](CC(=O)N1C[C@@H](C)[C@](C)(C(=O)O)C1)NC(=O)OCC1c2ccccc2-c2ccccc21. The highest BCUT2D eigenvalue weighted by molar-refractivity contribution is 5.82. The zero-order chi connectivity index (χ0) is 24.5. The van der Waals surface area contributed by atoms with Crippen molar-refractivity contribution < 1.29 is 24.2 Å². The van der Waals surface area contributed by atoms with Gasteiger partial charge in [0.1, 0.15) is 6.61 Å². The molecule has 0 aromatic heterocycles. The number of carbonyl (C=O) groups is 3. The summed E-state index contributed by atoms with van der Waals surface area (Å²) in [7, 11) is 0. The molecule has 0 spiro atoms. The van der Waals surface area contributed by atoms with Crippen molar-refractivity contribution in [2.45, 2.75) is 45.6 Å². The molecule has 180 valence electrons. The largest absolute Gasteiger partial charge is 0.481 e. The van der Waals surface area contributed by atoms with E-state index < -0.39 is 17.5 Å². The number of nitrogens with zero attached hydrogens (tertiary/aromatic N) is 1. The molecule has 1 heterocycles. The van der Waals surface area contributed by atoms with Crippen LogP contribution in [-0.4, -0.2) is 53.7 Å². The molecule has 1 fully saturated rings. The van der Waals surface area contributed by atoms with Crippen molar-refractivity contribution in [2.75, 3.05) is 19.7 Å². The molecule has 2 aliphatic rings. The van der Waals surface area contributed by atoms with Crippen LogP contribution in [0.2, 0.25) is 0 Å².